The highest BCUT2D eigenvalue weighted by molar-refractivity contribution is 5.95. The molecule has 1 aromatic carbocycles. The van der Waals surface area contributed by atoms with E-state index in [2.05, 4.69) is 0 Å². The van der Waals surface area contributed by atoms with Gasteiger partial charge in [0.15, 0.2) is 0 Å². The first-order valence-electron chi connectivity index (χ1n) is 5.31. The quantitative estimate of drug-likeness (QED) is 0.775. The first-order chi connectivity index (χ1) is 7.52. The Hall–Kier alpha value is -1.64. The fourth-order valence-electron chi connectivity index (χ4n) is 1.50. The Morgan fingerprint density at radius 1 is 1.19 bits per heavy atom. The summed E-state index contributed by atoms with van der Waals surface area (Å²) in [6.45, 7) is 1.57. The Morgan fingerprint density at radius 2 is 1.81 bits per heavy atom. The van der Waals surface area contributed by atoms with E-state index in [4.69, 9.17) is 0 Å². The lowest BCUT2D eigenvalue weighted by molar-refractivity contribution is -0.116. The largest absolute Gasteiger partial charge is 0.345 e. The Bertz CT molecular complexity index is 397. The van der Waals surface area contributed by atoms with Crippen LogP contribution in [0.5, 0.6) is 0 Å². The Kier molecular flexibility index (Phi) is 4.23. The molecule has 3 heteroatoms. The highest BCUT2D eigenvalue weighted by Crippen LogP contribution is 2.13. The molecule has 0 aliphatic heterocycles. The maximum Gasteiger partial charge on any atom is 0.253 e. The van der Waals surface area contributed by atoms with Crippen LogP contribution >= 0.6 is 0 Å². The topological polar surface area (TPSA) is 37.4 Å². The molecular formula is C13H17NO2. The summed E-state index contributed by atoms with van der Waals surface area (Å²) in [6, 6.07) is 7.44. The maximum absolute atomic E-state index is 11.9. The molecule has 0 saturated heterocycles. The van der Waals surface area contributed by atoms with Crippen molar-refractivity contribution in [1.29, 1.82) is 0 Å². The average molecular weight is 219 g/mol. The second-order valence-electron chi connectivity index (χ2n) is 4.06. The van der Waals surface area contributed by atoms with Crippen LogP contribution in [0.15, 0.2) is 24.3 Å². The van der Waals surface area contributed by atoms with E-state index in [1.54, 1.807) is 32.0 Å². The second kappa shape index (κ2) is 5.45. The van der Waals surface area contributed by atoms with E-state index in [0.717, 1.165) is 5.56 Å². The number of amides is 1. The van der Waals surface area contributed by atoms with E-state index in [1.807, 2.05) is 18.2 Å². The molecule has 0 atom stereocenters. The molecule has 1 amide bonds. The smallest absolute Gasteiger partial charge is 0.253 e. The van der Waals surface area contributed by atoms with Crippen molar-refractivity contribution in [3.8, 4) is 0 Å². The van der Waals surface area contributed by atoms with Gasteiger partial charge in [-0.2, -0.15) is 0 Å². The number of aryl methyl sites for hydroxylation is 1. The minimum atomic E-state index is -0.0147. The van der Waals surface area contributed by atoms with Crippen LogP contribution in [0.4, 0.5) is 0 Å². The van der Waals surface area contributed by atoms with E-state index >= 15 is 0 Å². The van der Waals surface area contributed by atoms with Crippen molar-refractivity contribution in [2.75, 3.05) is 14.1 Å². The van der Waals surface area contributed by atoms with E-state index in [1.165, 1.54) is 0 Å². The molecule has 16 heavy (non-hydrogen) atoms. The van der Waals surface area contributed by atoms with E-state index in [-0.39, 0.29) is 11.7 Å². The number of rotatable bonds is 4. The summed E-state index contributed by atoms with van der Waals surface area (Å²) in [5.74, 6) is 0.131. The molecule has 3 nitrogen and oxygen atoms in total. The number of carbonyl (C=O) groups is 2. The minimum Gasteiger partial charge on any atom is -0.345 e. The highest BCUT2D eigenvalue weighted by Gasteiger charge is 2.12. The highest BCUT2D eigenvalue weighted by atomic mass is 16.2. The molecule has 0 unspecified atom stereocenters. The average Bonchev–Trinajstić information content (AvgIpc) is 2.25. The van der Waals surface area contributed by atoms with Gasteiger partial charge in [-0.25, -0.2) is 0 Å². The molecule has 0 aliphatic carbocycles. The van der Waals surface area contributed by atoms with Gasteiger partial charge in [-0.1, -0.05) is 18.2 Å². The third-order valence-electron chi connectivity index (χ3n) is 2.40. The standard InChI is InChI=1S/C13H17NO2/c1-10(15)8-9-11-6-4-5-7-12(11)13(16)14(2)3/h4-7H,8-9H2,1-3H3. The fraction of sp³-hybridized carbons (Fsp3) is 0.385. The molecule has 86 valence electrons. The van der Waals surface area contributed by atoms with E-state index < -0.39 is 0 Å². The van der Waals surface area contributed by atoms with Crippen LogP contribution < -0.4 is 0 Å². The number of Topliss-reactive ketones (excluding diaryl/α,β-unsaturated/α-hetero) is 1. The number of ketones is 1. The van der Waals surface area contributed by atoms with Crippen LogP contribution in [0.2, 0.25) is 0 Å². The molecule has 1 aromatic rings. The lowest BCUT2D eigenvalue weighted by Crippen LogP contribution is -2.23. The van der Waals surface area contributed by atoms with Gasteiger partial charge in [0.2, 0.25) is 0 Å². The van der Waals surface area contributed by atoms with Gasteiger partial charge in [0, 0.05) is 26.1 Å². The molecule has 0 radical (unpaired) electrons. The molecule has 0 aliphatic rings. The van der Waals surface area contributed by atoms with Crippen LogP contribution in [0.1, 0.15) is 29.3 Å². The van der Waals surface area contributed by atoms with Crippen molar-refractivity contribution in [2.24, 2.45) is 0 Å². The zero-order valence-electron chi connectivity index (χ0n) is 9.99. The first-order valence-corrected chi connectivity index (χ1v) is 5.31. The number of hydrogen-bond donors (Lipinski definition) is 0. The third kappa shape index (κ3) is 3.19. The predicted molar refractivity (Wildman–Crippen MR) is 63.5 cm³/mol. The van der Waals surface area contributed by atoms with Gasteiger partial charge in [0.05, 0.1) is 0 Å². The fourth-order valence-corrected chi connectivity index (χ4v) is 1.50. The van der Waals surface area contributed by atoms with Crippen molar-refractivity contribution in [3.05, 3.63) is 35.4 Å². The van der Waals surface area contributed by atoms with Gasteiger partial charge in [0.25, 0.3) is 5.91 Å². The molecule has 0 heterocycles. The van der Waals surface area contributed by atoms with Gasteiger partial charge in [0.1, 0.15) is 5.78 Å². The second-order valence-corrected chi connectivity index (χ2v) is 4.06. The zero-order chi connectivity index (χ0) is 12.1. The van der Waals surface area contributed by atoms with Gasteiger partial charge in [-0.05, 0) is 25.0 Å². The van der Waals surface area contributed by atoms with Crippen molar-refractivity contribution >= 4 is 11.7 Å². The molecule has 0 fully saturated rings. The molecule has 0 bridgehead atoms. The first kappa shape index (κ1) is 12.4. The lowest BCUT2D eigenvalue weighted by Gasteiger charge is -2.13. The summed E-state index contributed by atoms with van der Waals surface area (Å²) in [5, 5.41) is 0. The molecular weight excluding hydrogens is 202 g/mol. The van der Waals surface area contributed by atoms with Crippen molar-refractivity contribution in [3.63, 3.8) is 0 Å². The Morgan fingerprint density at radius 3 is 2.38 bits per heavy atom. The lowest BCUT2D eigenvalue weighted by atomic mass is 10.0. The van der Waals surface area contributed by atoms with Crippen LogP contribution in [-0.4, -0.2) is 30.7 Å². The van der Waals surface area contributed by atoms with Gasteiger partial charge in [-0.15, -0.1) is 0 Å². The van der Waals surface area contributed by atoms with Crippen LogP contribution in [0, 0.1) is 0 Å². The van der Waals surface area contributed by atoms with Crippen molar-refractivity contribution < 1.29 is 9.59 Å². The molecule has 1 rings (SSSR count). The van der Waals surface area contributed by atoms with Crippen molar-refractivity contribution in [1.82, 2.24) is 4.90 Å². The SMILES string of the molecule is CC(=O)CCc1ccccc1C(=O)N(C)C. The third-order valence-corrected chi connectivity index (χ3v) is 2.40. The number of hydrogen-bond acceptors (Lipinski definition) is 2. The number of nitrogens with zero attached hydrogens (tertiary/aromatic N) is 1. The molecule has 0 spiro atoms. The van der Waals surface area contributed by atoms with Crippen LogP contribution in [0.25, 0.3) is 0 Å². The number of carbonyl (C=O) groups excluding carboxylic acids is 2. The summed E-state index contributed by atoms with van der Waals surface area (Å²) in [6.07, 6.45) is 1.11. The molecule has 0 saturated carbocycles. The van der Waals surface area contributed by atoms with Crippen LogP contribution in [-0.2, 0) is 11.2 Å². The summed E-state index contributed by atoms with van der Waals surface area (Å²) >= 11 is 0. The van der Waals surface area contributed by atoms with Crippen molar-refractivity contribution in [2.45, 2.75) is 19.8 Å². The zero-order valence-corrected chi connectivity index (χ0v) is 9.99. The summed E-state index contributed by atoms with van der Waals surface area (Å²) in [4.78, 5) is 24.3. The predicted octanol–water partition coefficient (Wildman–Crippen LogP) is 1.91. The monoisotopic (exact) mass is 219 g/mol. The minimum absolute atomic E-state index is 0.0147. The van der Waals surface area contributed by atoms with E-state index in [0.29, 0.717) is 18.4 Å². The Labute approximate surface area is 96.1 Å². The molecule has 0 N–H and O–H groups in total. The summed E-state index contributed by atoms with van der Waals surface area (Å²) in [5.41, 5.74) is 1.63. The number of benzene rings is 1. The van der Waals surface area contributed by atoms with Gasteiger partial charge < -0.3 is 9.69 Å². The van der Waals surface area contributed by atoms with E-state index in [9.17, 15) is 9.59 Å². The Balaban J connectivity index is 2.91. The van der Waals surface area contributed by atoms with Gasteiger partial charge >= 0.3 is 0 Å². The van der Waals surface area contributed by atoms with Crippen LogP contribution in [0.3, 0.4) is 0 Å². The molecule has 0 aromatic heterocycles. The normalized spacial score (nSPS) is 9.94. The maximum atomic E-state index is 11.9. The summed E-state index contributed by atoms with van der Waals surface area (Å²) in [7, 11) is 3.45. The summed E-state index contributed by atoms with van der Waals surface area (Å²) < 4.78 is 0. The van der Waals surface area contributed by atoms with Gasteiger partial charge in [-0.3, -0.25) is 4.79 Å².